The number of hydrogen-bond donors (Lipinski definition) is 4. The van der Waals surface area contributed by atoms with Gasteiger partial charge in [-0.25, -0.2) is 0 Å². The van der Waals surface area contributed by atoms with Gasteiger partial charge in [-0.05, 0) is 56.6 Å². The fraction of sp³-hybridized carbons (Fsp3) is 0.652. The second-order valence-corrected chi connectivity index (χ2v) is 9.79. The Labute approximate surface area is 188 Å². The average molecular weight is 459 g/mol. The van der Waals surface area contributed by atoms with Crippen LogP contribution in [0, 0.1) is 11.8 Å². The van der Waals surface area contributed by atoms with Crippen LogP contribution in [0.5, 0.6) is 0 Å². The standard InChI is InChI=1S/C23H35ClO5S/c1-29-17(8-10-18-11-13-23(24)30-18)9-12-20-19(21(27)14-22(20)28)7-5-3-2-4-6-16(26)15-25/h3,5,9,11-13,16-17,19-22,25-28H,2,4,6-8,10,14-15H2,1H3/b5-3-,12-9?/t16?,17-,19+,20+,21-,22+/m0/s1. The molecule has 1 unspecified atom stereocenters. The van der Waals surface area contributed by atoms with Crippen molar-refractivity contribution in [2.24, 2.45) is 11.8 Å². The van der Waals surface area contributed by atoms with E-state index in [4.69, 9.17) is 21.4 Å². The molecule has 0 amide bonds. The molecule has 1 saturated carbocycles. The minimum Gasteiger partial charge on any atom is -0.394 e. The third-order valence-corrected chi connectivity index (χ3v) is 7.06. The van der Waals surface area contributed by atoms with Crippen molar-refractivity contribution in [1.82, 2.24) is 0 Å². The predicted octanol–water partition coefficient (Wildman–Crippen LogP) is 3.73. The lowest BCUT2D eigenvalue weighted by atomic mass is 9.89. The number of thiophene rings is 1. The van der Waals surface area contributed by atoms with Crippen LogP contribution in [0.2, 0.25) is 4.34 Å². The maximum absolute atomic E-state index is 10.4. The van der Waals surface area contributed by atoms with Gasteiger partial charge in [-0.15, -0.1) is 11.3 Å². The Kier molecular flexibility index (Phi) is 11.6. The molecule has 0 bridgehead atoms. The number of aliphatic hydroxyl groups is 4. The van der Waals surface area contributed by atoms with Crippen LogP contribution in [0.4, 0.5) is 0 Å². The molecule has 5 nitrogen and oxygen atoms in total. The summed E-state index contributed by atoms with van der Waals surface area (Å²) in [6, 6.07) is 3.94. The van der Waals surface area contributed by atoms with Gasteiger partial charge in [0.1, 0.15) is 0 Å². The summed E-state index contributed by atoms with van der Waals surface area (Å²) >= 11 is 7.57. The second kappa shape index (κ2) is 13.6. The molecule has 6 atom stereocenters. The Balaban J connectivity index is 1.84. The maximum atomic E-state index is 10.4. The van der Waals surface area contributed by atoms with Gasteiger partial charge >= 0.3 is 0 Å². The lowest BCUT2D eigenvalue weighted by molar-refractivity contribution is 0.0868. The molecular weight excluding hydrogens is 424 g/mol. The van der Waals surface area contributed by atoms with Crippen molar-refractivity contribution in [2.45, 2.75) is 69.4 Å². The van der Waals surface area contributed by atoms with Crippen LogP contribution in [-0.4, -0.2) is 58.6 Å². The number of aryl methyl sites for hydroxylation is 1. The van der Waals surface area contributed by atoms with Crippen LogP contribution < -0.4 is 0 Å². The lowest BCUT2D eigenvalue weighted by Crippen LogP contribution is -2.20. The highest BCUT2D eigenvalue weighted by Gasteiger charge is 2.39. The Morgan fingerprint density at radius 2 is 2.03 bits per heavy atom. The average Bonchev–Trinajstić information content (AvgIpc) is 3.26. The van der Waals surface area contributed by atoms with Gasteiger partial charge < -0.3 is 25.2 Å². The van der Waals surface area contributed by atoms with E-state index in [1.54, 1.807) is 18.4 Å². The van der Waals surface area contributed by atoms with Crippen molar-refractivity contribution >= 4 is 22.9 Å². The van der Waals surface area contributed by atoms with Gasteiger partial charge in [0, 0.05) is 24.3 Å². The van der Waals surface area contributed by atoms with Gasteiger partial charge in [-0.2, -0.15) is 0 Å². The molecule has 1 aliphatic rings. The molecule has 170 valence electrons. The molecule has 1 fully saturated rings. The zero-order valence-electron chi connectivity index (χ0n) is 17.6. The zero-order valence-corrected chi connectivity index (χ0v) is 19.1. The van der Waals surface area contributed by atoms with Crippen molar-refractivity contribution in [3.63, 3.8) is 0 Å². The highest BCUT2D eigenvalue weighted by Crippen LogP contribution is 2.36. The van der Waals surface area contributed by atoms with Gasteiger partial charge in [-0.3, -0.25) is 0 Å². The highest BCUT2D eigenvalue weighted by molar-refractivity contribution is 7.16. The van der Waals surface area contributed by atoms with Crippen molar-refractivity contribution in [3.05, 3.63) is 45.7 Å². The summed E-state index contributed by atoms with van der Waals surface area (Å²) in [6.45, 7) is -0.201. The fourth-order valence-electron chi connectivity index (χ4n) is 3.96. The summed E-state index contributed by atoms with van der Waals surface area (Å²) < 4.78 is 6.37. The quantitative estimate of drug-likeness (QED) is 0.267. The van der Waals surface area contributed by atoms with Crippen LogP contribution in [0.25, 0.3) is 0 Å². The first-order chi connectivity index (χ1) is 14.4. The molecule has 1 aliphatic carbocycles. The molecule has 0 aromatic carbocycles. The summed E-state index contributed by atoms with van der Waals surface area (Å²) in [6.07, 6.45) is 11.3. The number of rotatable bonds is 13. The Hall–Kier alpha value is -0.730. The first-order valence-corrected chi connectivity index (χ1v) is 11.9. The smallest absolute Gasteiger partial charge is 0.0931 e. The highest BCUT2D eigenvalue weighted by atomic mass is 35.5. The molecule has 0 radical (unpaired) electrons. The van der Waals surface area contributed by atoms with E-state index >= 15 is 0 Å². The van der Waals surface area contributed by atoms with Crippen molar-refractivity contribution < 1.29 is 25.2 Å². The summed E-state index contributed by atoms with van der Waals surface area (Å²) in [7, 11) is 1.68. The number of ether oxygens (including phenoxy) is 1. The van der Waals surface area contributed by atoms with E-state index in [9.17, 15) is 15.3 Å². The van der Waals surface area contributed by atoms with Crippen LogP contribution >= 0.6 is 22.9 Å². The van der Waals surface area contributed by atoms with E-state index in [0.717, 1.165) is 30.0 Å². The molecule has 0 spiro atoms. The number of unbranched alkanes of at least 4 members (excludes halogenated alkanes) is 1. The van der Waals surface area contributed by atoms with E-state index < -0.39 is 18.3 Å². The van der Waals surface area contributed by atoms with Gasteiger partial charge in [-0.1, -0.05) is 35.9 Å². The van der Waals surface area contributed by atoms with Crippen molar-refractivity contribution in [2.75, 3.05) is 13.7 Å². The SMILES string of the molecule is CO[C@H](C=C[C@@H]1[C@@H](C/C=C\CCCC(O)CO)[C@@H](O)C[C@H]1O)CCc1ccc(Cl)s1. The van der Waals surface area contributed by atoms with E-state index in [0.29, 0.717) is 19.3 Å². The summed E-state index contributed by atoms with van der Waals surface area (Å²) in [4.78, 5) is 1.22. The molecule has 0 saturated heterocycles. The number of methoxy groups -OCH3 is 1. The van der Waals surface area contributed by atoms with Crippen LogP contribution in [0.1, 0.15) is 43.4 Å². The molecule has 1 heterocycles. The minimum atomic E-state index is -0.648. The van der Waals surface area contributed by atoms with Gasteiger partial charge in [0.15, 0.2) is 0 Å². The minimum absolute atomic E-state index is 0.0239. The maximum Gasteiger partial charge on any atom is 0.0931 e. The Bertz CT molecular complexity index is 662. The number of allylic oxidation sites excluding steroid dienone is 2. The first kappa shape index (κ1) is 25.5. The summed E-state index contributed by atoms with van der Waals surface area (Å²) in [5, 5.41) is 39.0. The molecule has 1 aromatic rings. The van der Waals surface area contributed by atoms with Gasteiger partial charge in [0.2, 0.25) is 0 Å². The first-order valence-electron chi connectivity index (χ1n) is 10.7. The van der Waals surface area contributed by atoms with Gasteiger partial charge in [0.05, 0.1) is 35.4 Å². The van der Waals surface area contributed by atoms with Crippen LogP contribution in [-0.2, 0) is 11.2 Å². The molecular formula is C23H35ClO5S. The number of halogens is 1. The molecule has 7 heteroatoms. The van der Waals surface area contributed by atoms with Crippen molar-refractivity contribution in [3.8, 4) is 0 Å². The summed E-state index contributed by atoms with van der Waals surface area (Å²) in [5.41, 5.74) is 0. The molecule has 4 N–H and O–H groups in total. The Morgan fingerprint density at radius 3 is 2.70 bits per heavy atom. The van der Waals surface area contributed by atoms with E-state index in [2.05, 4.69) is 0 Å². The lowest BCUT2D eigenvalue weighted by Gasteiger charge is -2.20. The second-order valence-electron chi connectivity index (χ2n) is 7.99. The monoisotopic (exact) mass is 458 g/mol. The van der Waals surface area contributed by atoms with Crippen LogP contribution in [0.3, 0.4) is 0 Å². The third kappa shape index (κ3) is 8.42. The van der Waals surface area contributed by atoms with E-state index in [-0.39, 0.29) is 24.5 Å². The van der Waals surface area contributed by atoms with Gasteiger partial charge in [0.25, 0.3) is 0 Å². The molecule has 30 heavy (non-hydrogen) atoms. The fourth-order valence-corrected chi connectivity index (χ4v) is 5.06. The van der Waals surface area contributed by atoms with E-state index in [1.807, 2.05) is 36.4 Å². The molecule has 1 aromatic heterocycles. The normalized spacial score (nSPS) is 26.7. The largest absolute Gasteiger partial charge is 0.394 e. The molecule has 2 rings (SSSR count). The van der Waals surface area contributed by atoms with E-state index in [1.165, 1.54) is 4.88 Å². The third-order valence-electron chi connectivity index (χ3n) is 5.76. The topological polar surface area (TPSA) is 90.2 Å². The number of aliphatic hydroxyl groups excluding tert-OH is 4. The molecule has 0 aliphatic heterocycles. The summed E-state index contributed by atoms with van der Waals surface area (Å²) in [5.74, 6) is -0.126. The van der Waals surface area contributed by atoms with Crippen LogP contribution in [0.15, 0.2) is 36.4 Å². The Morgan fingerprint density at radius 1 is 1.23 bits per heavy atom. The number of hydrogen-bond acceptors (Lipinski definition) is 6. The van der Waals surface area contributed by atoms with Crippen molar-refractivity contribution in [1.29, 1.82) is 0 Å². The zero-order chi connectivity index (χ0) is 21.9. The predicted molar refractivity (Wildman–Crippen MR) is 122 cm³/mol.